The van der Waals surface area contributed by atoms with Crippen LogP contribution in [0.4, 0.5) is 4.39 Å². The Balaban J connectivity index is 1.65. The van der Waals surface area contributed by atoms with E-state index in [4.69, 9.17) is 10.2 Å². The minimum atomic E-state index is -0.683. The number of benzene rings is 1. The number of rotatable bonds is 5. The molecule has 1 amide bonds. The third kappa shape index (κ3) is 3.24. The number of hydrogen-bond donors (Lipinski definition) is 3. The van der Waals surface area contributed by atoms with Gasteiger partial charge in [0.15, 0.2) is 0 Å². The highest BCUT2D eigenvalue weighted by Crippen LogP contribution is 2.25. The fourth-order valence-electron chi connectivity index (χ4n) is 2.44. The molecule has 0 aliphatic carbocycles. The molecule has 0 saturated heterocycles. The predicted octanol–water partition coefficient (Wildman–Crippen LogP) is 1.79. The van der Waals surface area contributed by atoms with Crippen LogP contribution in [0.2, 0.25) is 0 Å². The molecule has 120 valence electrons. The summed E-state index contributed by atoms with van der Waals surface area (Å²) in [4.78, 5) is 18.8. The molecular weight excluding hydrogens is 299 g/mol. The third-order valence-corrected chi connectivity index (χ3v) is 3.75. The maximum atomic E-state index is 13.3. The Bertz CT molecular complexity index is 826. The molecule has 0 bridgehead atoms. The van der Waals surface area contributed by atoms with Gasteiger partial charge in [0.2, 0.25) is 5.91 Å². The maximum Gasteiger partial charge on any atom is 0.237 e. The minimum Gasteiger partial charge on any atom is -0.459 e. The Morgan fingerprint density at radius 1 is 1.52 bits per heavy atom. The summed E-state index contributed by atoms with van der Waals surface area (Å²) in [6, 6.07) is 3.65. The zero-order chi connectivity index (χ0) is 16.4. The standard InChI is InChI=1S/C16H17FN4O2/c1-9-12-4-10(17)2-3-14(12)23-15(9)7-20-16(22)13(18)5-11-6-19-8-21-11/h2-4,6,8,13H,5,7,18H2,1H3,(H,19,21)(H,20,22)/t13-/m0/s1. The second kappa shape index (κ2) is 6.21. The number of hydrogen-bond acceptors (Lipinski definition) is 4. The van der Waals surface area contributed by atoms with Crippen molar-refractivity contribution in [3.05, 3.63) is 53.6 Å². The number of imidazole rings is 1. The molecule has 1 aromatic carbocycles. The van der Waals surface area contributed by atoms with Crippen LogP contribution >= 0.6 is 0 Å². The molecule has 6 nitrogen and oxygen atoms in total. The first-order valence-corrected chi connectivity index (χ1v) is 7.22. The smallest absolute Gasteiger partial charge is 0.237 e. The number of furan rings is 1. The monoisotopic (exact) mass is 316 g/mol. The summed E-state index contributed by atoms with van der Waals surface area (Å²) >= 11 is 0. The fourth-order valence-corrected chi connectivity index (χ4v) is 2.44. The van der Waals surface area contributed by atoms with Crippen molar-refractivity contribution in [2.24, 2.45) is 5.73 Å². The van der Waals surface area contributed by atoms with Gasteiger partial charge in [0.1, 0.15) is 17.2 Å². The summed E-state index contributed by atoms with van der Waals surface area (Å²) in [6.45, 7) is 2.04. The number of nitrogens with zero attached hydrogens (tertiary/aromatic N) is 1. The zero-order valence-corrected chi connectivity index (χ0v) is 12.6. The van der Waals surface area contributed by atoms with Gasteiger partial charge in [-0.25, -0.2) is 9.37 Å². The van der Waals surface area contributed by atoms with Crippen LogP contribution in [0.1, 0.15) is 17.0 Å². The van der Waals surface area contributed by atoms with Crippen LogP contribution in [0, 0.1) is 12.7 Å². The van der Waals surface area contributed by atoms with Crippen molar-refractivity contribution in [3.63, 3.8) is 0 Å². The first-order valence-electron chi connectivity index (χ1n) is 7.22. The number of fused-ring (bicyclic) bond motifs is 1. The number of carbonyl (C=O) groups excluding carboxylic acids is 1. The fraction of sp³-hybridized carbons (Fsp3) is 0.250. The number of nitrogens with one attached hydrogen (secondary N) is 2. The van der Waals surface area contributed by atoms with Crippen LogP contribution in [0.5, 0.6) is 0 Å². The lowest BCUT2D eigenvalue weighted by Crippen LogP contribution is -2.41. The number of aromatic amines is 1. The lowest BCUT2D eigenvalue weighted by atomic mass is 10.1. The summed E-state index contributed by atoms with van der Waals surface area (Å²) < 4.78 is 18.9. The highest BCUT2D eigenvalue weighted by molar-refractivity contribution is 5.83. The minimum absolute atomic E-state index is 0.206. The van der Waals surface area contributed by atoms with E-state index in [0.717, 1.165) is 11.3 Å². The second-order valence-electron chi connectivity index (χ2n) is 5.40. The van der Waals surface area contributed by atoms with E-state index in [0.29, 0.717) is 23.2 Å². The van der Waals surface area contributed by atoms with Crippen molar-refractivity contribution < 1.29 is 13.6 Å². The molecule has 0 aliphatic heterocycles. The molecule has 0 unspecified atom stereocenters. The van der Waals surface area contributed by atoms with Crippen LogP contribution in [0.15, 0.2) is 35.1 Å². The molecule has 0 aliphatic rings. The van der Waals surface area contributed by atoms with E-state index >= 15 is 0 Å². The molecule has 0 saturated carbocycles. The van der Waals surface area contributed by atoms with Crippen LogP contribution in [-0.2, 0) is 17.8 Å². The van der Waals surface area contributed by atoms with Gasteiger partial charge in [0.25, 0.3) is 0 Å². The molecule has 1 atom stereocenters. The van der Waals surface area contributed by atoms with Crippen molar-refractivity contribution >= 4 is 16.9 Å². The molecule has 0 fully saturated rings. The highest BCUT2D eigenvalue weighted by atomic mass is 19.1. The van der Waals surface area contributed by atoms with E-state index in [1.54, 1.807) is 12.3 Å². The Morgan fingerprint density at radius 2 is 2.35 bits per heavy atom. The van der Waals surface area contributed by atoms with E-state index in [-0.39, 0.29) is 18.3 Å². The SMILES string of the molecule is Cc1c(CNC(=O)[C@@H](N)Cc2cnc[nH]2)oc2ccc(F)cc12. The van der Waals surface area contributed by atoms with E-state index in [1.165, 1.54) is 18.5 Å². The maximum absolute atomic E-state index is 13.3. The predicted molar refractivity (Wildman–Crippen MR) is 83.0 cm³/mol. The summed E-state index contributed by atoms with van der Waals surface area (Å²) in [7, 11) is 0. The van der Waals surface area contributed by atoms with Gasteiger partial charge in [0, 0.05) is 29.3 Å². The van der Waals surface area contributed by atoms with Gasteiger partial charge in [-0.3, -0.25) is 4.79 Å². The normalized spacial score (nSPS) is 12.5. The van der Waals surface area contributed by atoms with Crippen molar-refractivity contribution in [1.29, 1.82) is 0 Å². The summed E-state index contributed by atoms with van der Waals surface area (Å²) in [5.74, 6) is -0.0168. The van der Waals surface area contributed by atoms with Crippen LogP contribution in [0.25, 0.3) is 11.0 Å². The van der Waals surface area contributed by atoms with E-state index in [1.807, 2.05) is 6.92 Å². The van der Waals surface area contributed by atoms with Gasteiger partial charge in [-0.05, 0) is 25.1 Å². The number of aryl methyl sites for hydroxylation is 1. The molecule has 3 rings (SSSR count). The summed E-state index contributed by atoms with van der Waals surface area (Å²) in [5, 5.41) is 3.45. The number of halogens is 1. The van der Waals surface area contributed by atoms with Gasteiger partial charge in [-0.15, -0.1) is 0 Å². The van der Waals surface area contributed by atoms with Gasteiger partial charge in [0.05, 0.1) is 18.9 Å². The Morgan fingerprint density at radius 3 is 3.09 bits per heavy atom. The first kappa shape index (κ1) is 15.2. The first-order chi connectivity index (χ1) is 11.0. The average molecular weight is 316 g/mol. The largest absolute Gasteiger partial charge is 0.459 e. The molecule has 2 heterocycles. The van der Waals surface area contributed by atoms with Gasteiger partial charge in [-0.1, -0.05) is 0 Å². The Labute approximate surface area is 131 Å². The van der Waals surface area contributed by atoms with Crippen LogP contribution in [-0.4, -0.2) is 21.9 Å². The van der Waals surface area contributed by atoms with Crippen LogP contribution in [0.3, 0.4) is 0 Å². The molecule has 23 heavy (non-hydrogen) atoms. The average Bonchev–Trinajstić information content (AvgIpc) is 3.14. The quantitative estimate of drug-likeness (QED) is 0.668. The lowest BCUT2D eigenvalue weighted by molar-refractivity contribution is -0.122. The van der Waals surface area contributed by atoms with Crippen molar-refractivity contribution in [2.45, 2.75) is 25.9 Å². The number of aromatic nitrogens is 2. The van der Waals surface area contributed by atoms with E-state index in [2.05, 4.69) is 15.3 Å². The number of nitrogens with two attached hydrogens (primary N) is 1. The molecule has 7 heteroatoms. The molecule has 3 aromatic rings. The van der Waals surface area contributed by atoms with Crippen LogP contribution < -0.4 is 11.1 Å². The Hall–Kier alpha value is -2.67. The highest BCUT2D eigenvalue weighted by Gasteiger charge is 2.17. The lowest BCUT2D eigenvalue weighted by Gasteiger charge is -2.10. The van der Waals surface area contributed by atoms with E-state index in [9.17, 15) is 9.18 Å². The third-order valence-electron chi connectivity index (χ3n) is 3.75. The molecule has 2 aromatic heterocycles. The van der Waals surface area contributed by atoms with Gasteiger partial charge >= 0.3 is 0 Å². The zero-order valence-electron chi connectivity index (χ0n) is 12.6. The van der Waals surface area contributed by atoms with Crippen molar-refractivity contribution in [2.75, 3.05) is 0 Å². The van der Waals surface area contributed by atoms with E-state index < -0.39 is 6.04 Å². The number of amides is 1. The van der Waals surface area contributed by atoms with Crippen molar-refractivity contribution in [3.8, 4) is 0 Å². The summed E-state index contributed by atoms with van der Waals surface area (Å²) in [5.41, 5.74) is 8.06. The van der Waals surface area contributed by atoms with Gasteiger partial charge in [-0.2, -0.15) is 0 Å². The Kier molecular flexibility index (Phi) is 4.12. The molecule has 4 N–H and O–H groups in total. The molecular formula is C16H17FN4O2. The topological polar surface area (TPSA) is 96.9 Å². The number of H-pyrrole nitrogens is 1. The van der Waals surface area contributed by atoms with Gasteiger partial charge < -0.3 is 20.5 Å². The number of carbonyl (C=O) groups is 1. The van der Waals surface area contributed by atoms with Crippen molar-refractivity contribution in [1.82, 2.24) is 15.3 Å². The molecule has 0 radical (unpaired) electrons. The molecule has 0 spiro atoms. The second-order valence-corrected chi connectivity index (χ2v) is 5.40. The summed E-state index contributed by atoms with van der Waals surface area (Å²) in [6.07, 6.45) is 3.54.